The van der Waals surface area contributed by atoms with Gasteiger partial charge in [-0.05, 0) is 43.7 Å². The van der Waals surface area contributed by atoms with Crippen molar-refractivity contribution in [2.75, 3.05) is 7.05 Å². The lowest BCUT2D eigenvalue weighted by atomic mass is 9.86. The molecule has 0 aliphatic rings. The molecule has 0 radical (unpaired) electrons. The maximum atomic E-state index is 3.36. The molecule has 0 saturated heterocycles. The zero-order valence-electron chi connectivity index (χ0n) is 9.58. The van der Waals surface area contributed by atoms with E-state index in [9.17, 15) is 0 Å². The van der Waals surface area contributed by atoms with Crippen molar-refractivity contribution in [3.8, 4) is 0 Å². The van der Waals surface area contributed by atoms with Crippen LogP contribution in [0.5, 0.6) is 0 Å². The smallest absolute Gasteiger partial charge is 0.00699 e. The largest absolute Gasteiger partial charge is 0.317 e. The summed E-state index contributed by atoms with van der Waals surface area (Å²) >= 11 is 1.87. The molecule has 2 unspecified atom stereocenters. The van der Waals surface area contributed by atoms with E-state index in [4.69, 9.17) is 0 Å². The van der Waals surface area contributed by atoms with E-state index in [-0.39, 0.29) is 0 Å². The molecule has 1 rings (SSSR count). The highest BCUT2D eigenvalue weighted by Crippen LogP contribution is 2.23. The molecule has 0 amide bonds. The molecule has 0 saturated carbocycles. The Morgan fingerprint density at radius 3 is 2.50 bits per heavy atom. The summed E-state index contributed by atoms with van der Waals surface area (Å²) in [4.78, 5) is 1.51. The van der Waals surface area contributed by atoms with Crippen molar-refractivity contribution in [2.45, 2.75) is 33.2 Å². The second-order valence-electron chi connectivity index (χ2n) is 4.27. The first-order chi connectivity index (χ1) is 6.65. The lowest BCUT2D eigenvalue weighted by Gasteiger charge is -2.26. The third-order valence-electron chi connectivity index (χ3n) is 2.97. The van der Waals surface area contributed by atoms with Gasteiger partial charge in [0, 0.05) is 10.9 Å². The topological polar surface area (TPSA) is 12.0 Å². The summed E-state index contributed by atoms with van der Waals surface area (Å²) in [5.74, 6) is 1.47. The van der Waals surface area contributed by atoms with E-state index in [1.54, 1.807) is 0 Å². The normalized spacial score (nSPS) is 15.8. The van der Waals surface area contributed by atoms with Crippen molar-refractivity contribution in [3.05, 3.63) is 22.4 Å². The fraction of sp³-hybridized carbons (Fsp3) is 0.667. The van der Waals surface area contributed by atoms with Crippen LogP contribution in [0.1, 0.15) is 25.6 Å². The second kappa shape index (κ2) is 5.52. The van der Waals surface area contributed by atoms with E-state index in [2.05, 4.69) is 50.6 Å². The first kappa shape index (κ1) is 11.7. The molecular weight excluding hydrogens is 190 g/mol. The van der Waals surface area contributed by atoms with Crippen LogP contribution in [-0.4, -0.2) is 13.1 Å². The van der Waals surface area contributed by atoms with Crippen molar-refractivity contribution < 1.29 is 0 Å². The minimum absolute atomic E-state index is 0.595. The molecule has 0 aromatic carbocycles. The lowest BCUT2D eigenvalue weighted by Crippen LogP contribution is -2.34. The molecule has 2 heteroatoms. The first-order valence-electron chi connectivity index (χ1n) is 5.34. The summed E-state index contributed by atoms with van der Waals surface area (Å²) in [6.07, 6.45) is 1.21. The van der Waals surface area contributed by atoms with Crippen molar-refractivity contribution >= 4 is 11.3 Å². The third kappa shape index (κ3) is 3.10. The maximum Gasteiger partial charge on any atom is 0.00699 e. The van der Waals surface area contributed by atoms with E-state index in [1.807, 2.05) is 11.3 Å². The van der Waals surface area contributed by atoms with Crippen LogP contribution in [0.4, 0.5) is 0 Å². The molecule has 14 heavy (non-hydrogen) atoms. The Hall–Kier alpha value is -0.340. The van der Waals surface area contributed by atoms with Crippen LogP contribution >= 0.6 is 11.3 Å². The number of rotatable bonds is 5. The molecule has 2 atom stereocenters. The molecule has 1 aromatic heterocycles. The minimum Gasteiger partial charge on any atom is -0.317 e. The molecule has 0 bridgehead atoms. The summed E-state index contributed by atoms with van der Waals surface area (Å²) in [6.45, 7) is 6.90. The van der Waals surface area contributed by atoms with Gasteiger partial charge in [-0.2, -0.15) is 0 Å². The van der Waals surface area contributed by atoms with Crippen LogP contribution in [0.3, 0.4) is 0 Å². The van der Waals surface area contributed by atoms with E-state index in [1.165, 1.54) is 11.3 Å². The zero-order chi connectivity index (χ0) is 10.6. The molecule has 80 valence electrons. The summed E-state index contributed by atoms with van der Waals surface area (Å²) in [5.41, 5.74) is 0. The summed E-state index contributed by atoms with van der Waals surface area (Å²) in [5, 5.41) is 5.53. The Labute approximate surface area is 91.5 Å². The number of hydrogen-bond acceptors (Lipinski definition) is 2. The van der Waals surface area contributed by atoms with Crippen LogP contribution < -0.4 is 5.32 Å². The molecule has 1 heterocycles. The number of thiophene rings is 1. The van der Waals surface area contributed by atoms with Crippen LogP contribution in [0, 0.1) is 11.8 Å². The van der Waals surface area contributed by atoms with E-state index in [0.29, 0.717) is 6.04 Å². The van der Waals surface area contributed by atoms with E-state index < -0.39 is 0 Å². The predicted octanol–water partition coefficient (Wildman–Crippen LogP) is 3.17. The Kier molecular flexibility index (Phi) is 4.63. The van der Waals surface area contributed by atoms with Crippen molar-refractivity contribution in [1.82, 2.24) is 5.32 Å². The van der Waals surface area contributed by atoms with Crippen molar-refractivity contribution in [2.24, 2.45) is 11.8 Å². The molecule has 0 aliphatic heterocycles. The van der Waals surface area contributed by atoms with Gasteiger partial charge in [0.25, 0.3) is 0 Å². The van der Waals surface area contributed by atoms with Crippen LogP contribution in [-0.2, 0) is 6.42 Å². The van der Waals surface area contributed by atoms with Gasteiger partial charge in [0.1, 0.15) is 0 Å². The van der Waals surface area contributed by atoms with Crippen LogP contribution in [0.15, 0.2) is 17.5 Å². The predicted molar refractivity (Wildman–Crippen MR) is 64.9 cm³/mol. The minimum atomic E-state index is 0.595. The van der Waals surface area contributed by atoms with Gasteiger partial charge >= 0.3 is 0 Å². The molecule has 1 N–H and O–H groups in total. The number of nitrogens with one attached hydrogen (secondary N) is 1. The van der Waals surface area contributed by atoms with Gasteiger partial charge in [-0.25, -0.2) is 0 Å². The Balaban J connectivity index is 2.60. The monoisotopic (exact) mass is 211 g/mol. The zero-order valence-corrected chi connectivity index (χ0v) is 10.4. The Bertz CT molecular complexity index is 241. The lowest BCUT2D eigenvalue weighted by molar-refractivity contribution is 0.301. The van der Waals surface area contributed by atoms with Gasteiger partial charge in [0.05, 0.1) is 0 Å². The Morgan fingerprint density at radius 1 is 1.36 bits per heavy atom. The van der Waals surface area contributed by atoms with Gasteiger partial charge in [0.2, 0.25) is 0 Å². The molecule has 1 aromatic rings. The van der Waals surface area contributed by atoms with E-state index >= 15 is 0 Å². The quantitative estimate of drug-likeness (QED) is 0.789. The molecular formula is C12H21NS. The molecule has 0 aliphatic carbocycles. The van der Waals surface area contributed by atoms with Crippen molar-refractivity contribution in [1.29, 1.82) is 0 Å². The highest BCUT2D eigenvalue weighted by Gasteiger charge is 2.20. The van der Waals surface area contributed by atoms with Gasteiger partial charge in [0.15, 0.2) is 0 Å². The van der Waals surface area contributed by atoms with Gasteiger partial charge in [-0.15, -0.1) is 11.3 Å². The Morgan fingerprint density at radius 2 is 2.07 bits per heavy atom. The van der Waals surface area contributed by atoms with Crippen LogP contribution in [0.2, 0.25) is 0 Å². The number of hydrogen-bond donors (Lipinski definition) is 1. The molecule has 1 nitrogen and oxygen atoms in total. The van der Waals surface area contributed by atoms with Gasteiger partial charge in [-0.3, -0.25) is 0 Å². The summed E-state index contributed by atoms with van der Waals surface area (Å²) < 4.78 is 0. The average molecular weight is 211 g/mol. The van der Waals surface area contributed by atoms with Gasteiger partial charge in [-0.1, -0.05) is 19.9 Å². The summed E-state index contributed by atoms with van der Waals surface area (Å²) in [7, 11) is 2.05. The van der Waals surface area contributed by atoms with Gasteiger partial charge < -0.3 is 5.32 Å². The highest BCUT2D eigenvalue weighted by molar-refractivity contribution is 7.09. The molecule has 0 fully saturated rings. The third-order valence-corrected chi connectivity index (χ3v) is 3.87. The highest BCUT2D eigenvalue weighted by atomic mass is 32.1. The standard InChI is InChI=1S/C12H21NS/c1-9(2)12(10(3)13-4)8-11-6-5-7-14-11/h5-7,9-10,12-13H,8H2,1-4H3. The van der Waals surface area contributed by atoms with E-state index in [0.717, 1.165) is 11.8 Å². The fourth-order valence-corrected chi connectivity index (χ4v) is 2.64. The van der Waals surface area contributed by atoms with Crippen molar-refractivity contribution in [3.63, 3.8) is 0 Å². The van der Waals surface area contributed by atoms with Crippen LogP contribution in [0.25, 0.3) is 0 Å². The second-order valence-corrected chi connectivity index (χ2v) is 5.30. The maximum absolute atomic E-state index is 3.36. The fourth-order valence-electron chi connectivity index (χ4n) is 1.86. The average Bonchev–Trinajstić information content (AvgIpc) is 2.65. The SMILES string of the molecule is CNC(C)C(Cc1cccs1)C(C)C. The molecule has 0 spiro atoms. The first-order valence-corrected chi connectivity index (χ1v) is 6.22. The summed E-state index contributed by atoms with van der Waals surface area (Å²) in [6, 6.07) is 4.97.